The lowest BCUT2D eigenvalue weighted by molar-refractivity contribution is -0.401. The number of nitrogens with zero attached hydrogens (tertiary/aromatic N) is 2. The zero-order valence-corrected chi connectivity index (χ0v) is 20.5. The molecule has 0 bridgehead atoms. The largest absolute Gasteiger partial charge is 0.495 e. The predicted molar refractivity (Wildman–Crippen MR) is 133 cm³/mol. The Morgan fingerprint density at radius 2 is 1.55 bits per heavy atom. The number of hydrogen-bond donors (Lipinski definition) is 0. The smallest absolute Gasteiger partial charge is 0.209 e. The molecule has 0 fully saturated rings. The number of allylic oxidation sites excluding steroid dienone is 5. The number of rotatable bonds is 3. The molecule has 2 aromatic rings. The Morgan fingerprint density at radius 1 is 0.909 bits per heavy atom. The second kappa shape index (κ2) is 7.05. The zero-order chi connectivity index (χ0) is 23.7. The fourth-order valence-corrected chi connectivity index (χ4v) is 5.71. The molecule has 1 aliphatic carbocycles. The molecule has 0 unspecified atom stereocenters. The number of carbonyl (C=O) groups is 1. The van der Waals surface area contributed by atoms with Crippen LogP contribution in [0.3, 0.4) is 0 Å². The number of benzene rings is 2. The number of hydrogen-bond acceptors (Lipinski definition) is 3. The van der Waals surface area contributed by atoms with Crippen molar-refractivity contribution in [2.45, 2.75) is 38.5 Å². The molecule has 2 aromatic carbocycles. The second-order valence-electron chi connectivity index (χ2n) is 10.2. The molecule has 0 saturated carbocycles. The average Bonchev–Trinajstić information content (AvgIpc) is 3.11. The van der Waals surface area contributed by atoms with Crippen LogP contribution in [-0.4, -0.2) is 37.3 Å². The molecule has 3 aliphatic rings. The molecule has 4 nitrogen and oxygen atoms in total. The standard InChI is InChI=1S/C29H31N2O2/c1-28(2)20-12-8-10-14-22(20)30(5)24(28)16-18-26(32)19(27(18)33-7)17-25-29(3,4)21-13-9-11-15-23(21)31(25)6/h8-17H,1-7H3/q+1. The molecule has 168 valence electrons. The number of likely N-dealkylation sites (N-methyl/N-ethyl adjacent to an activating group) is 1. The highest BCUT2D eigenvalue weighted by Crippen LogP contribution is 2.48. The number of fused-ring (bicyclic) bond motifs is 2. The third kappa shape index (κ3) is 2.83. The summed E-state index contributed by atoms with van der Waals surface area (Å²) in [5.41, 5.74) is 7.98. The fourth-order valence-electron chi connectivity index (χ4n) is 5.71. The van der Waals surface area contributed by atoms with Gasteiger partial charge in [-0.05, 0) is 31.6 Å². The normalized spacial score (nSPS) is 22.8. The molecule has 33 heavy (non-hydrogen) atoms. The van der Waals surface area contributed by atoms with Crippen LogP contribution < -0.4 is 4.90 Å². The number of anilines is 1. The lowest BCUT2D eigenvalue weighted by Gasteiger charge is -2.28. The van der Waals surface area contributed by atoms with Gasteiger partial charge in [-0.3, -0.25) is 4.79 Å². The van der Waals surface area contributed by atoms with E-state index < -0.39 is 0 Å². The molecule has 0 saturated heterocycles. The Kier molecular flexibility index (Phi) is 4.58. The molecule has 2 heterocycles. The Labute approximate surface area is 196 Å². The first-order valence-electron chi connectivity index (χ1n) is 11.4. The van der Waals surface area contributed by atoms with E-state index in [1.807, 2.05) is 12.2 Å². The summed E-state index contributed by atoms with van der Waals surface area (Å²) >= 11 is 0. The monoisotopic (exact) mass is 439 g/mol. The summed E-state index contributed by atoms with van der Waals surface area (Å²) in [4.78, 5) is 15.6. The predicted octanol–water partition coefficient (Wildman–Crippen LogP) is 5.41. The maximum Gasteiger partial charge on any atom is 0.209 e. The zero-order valence-electron chi connectivity index (χ0n) is 20.5. The van der Waals surface area contributed by atoms with Crippen LogP contribution in [-0.2, 0) is 20.4 Å². The maximum atomic E-state index is 13.4. The van der Waals surface area contributed by atoms with Crippen LogP contribution in [0, 0.1) is 0 Å². The van der Waals surface area contributed by atoms with Crippen molar-refractivity contribution in [3.05, 3.63) is 94.4 Å². The highest BCUT2D eigenvalue weighted by molar-refractivity contribution is 6.24. The van der Waals surface area contributed by atoms with Crippen LogP contribution in [0.1, 0.15) is 38.8 Å². The van der Waals surface area contributed by atoms with Crippen molar-refractivity contribution in [2.75, 3.05) is 26.1 Å². The van der Waals surface area contributed by atoms with Gasteiger partial charge < -0.3 is 9.64 Å². The van der Waals surface area contributed by atoms with Crippen LogP contribution in [0.5, 0.6) is 0 Å². The van der Waals surface area contributed by atoms with Gasteiger partial charge in [0, 0.05) is 41.6 Å². The lowest BCUT2D eigenvalue weighted by Crippen LogP contribution is -2.31. The van der Waals surface area contributed by atoms with Gasteiger partial charge in [0.1, 0.15) is 12.8 Å². The van der Waals surface area contributed by atoms with Crippen LogP contribution in [0.15, 0.2) is 83.3 Å². The van der Waals surface area contributed by atoms with Crippen molar-refractivity contribution in [2.24, 2.45) is 0 Å². The SMILES string of the molecule is COC1=C(/C=C2/N(C)c3ccccc3C2(C)C)C(=O)/C1=C\C1=[N+](C)c2ccccc2C1(C)C. The number of methoxy groups -OCH3 is 1. The van der Waals surface area contributed by atoms with Gasteiger partial charge >= 0.3 is 0 Å². The van der Waals surface area contributed by atoms with E-state index >= 15 is 0 Å². The van der Waals surface area contributed by atoms with Gasteiger partial charge in [0.05, 0.1) is 23.7 Å². The van der Waals surface area contributed by atoms with Gasteiger partial charge in [0.2, 0.25) is 11.5 Å². The summed E-state index contributed by atoms with van der Waals surface area (Å²) in [6, 6.07) is 16.8. The van der Waals surface area contributed by atoms with Gasteiger partial charge in [-0.1, -0.05) is 50.2 Å². The van der Waals surface area contributed by atoms with E-state index in [0.29, 0.717) is 16.9 Å². The summed E-state index contributed by atoms with van der Waals surface area (Å²) in [6.45, 7) is 8.82. The van der Waals surface area contributed by atoms with E-state index in [0.717, 1.165) is 11.4 Å². The van der Waals surface area contributed by atoms with E-state index in [9.17, 15) is 4.79 Å². The highest BCUT2D eigenvalue weighted by atomic mass is 16.5. The van der Waals surface area contributed by atoms with Crippen molar-refractivity contribution >= 4 is 22.9 Å². The molecule has 0 radical (unpaired) electrons. The van der Waals surface area contributed by atoms with Crippen molar-refractivity contribution in [1.82, 2.24) is 0 Å². The average molecular weight is 440 g/mol. The van der Waals surface area contributed by atoms with E-state index in [1.54, 1.807) is 7.11 Å². The van der Waals surface area contributed by atoms with Gasteiger partial charge in [-0.15, -0.1) is 0 Å². The van der Waals surface area contributed by atoms with Gasteiger partial charge in [0.15, 0.2) is 5.71 Å². The Morgan fingerprint density at radius 3 is 2.18 bits per heavy atom. The van der Waals surface area contributed by atoms with Crippen LogP contribution in [0.2, 0.25) is 0 Å². The molecule has 0 N–H and O–H groups in total. The second-order valence-corrected chi connectivity index (χ2v) is 10.2. The van der Waals surface area contributed by atoms with Gasteiger partial charge in [0.25, 0.3) is 0 Å². The van der Waals surface area contributed by atoms with Gasteiger partial charge in [-0.25, -0.2) is 0 Å². The highest BCUT2D eigenvalue weighted by Gasteiger charge is 2.46. The minimum Gasteiger partial charge on any atom is -0.495 e. The minimum atomic E-state index is -0.193. The van der Waals surface area contributed by atoms with Gasteiger partial charge in [-0.2, -0.15) is 4.58 Å². The summed E-state index contributed by atoms with van der Waals surface area (Å²) in [5.74, 6) is 0.701. The molecule has 5 rings (SSSR count). The summed E-state index contributed by atoms with van der Waals surface area (Å²) in [5, 5.41) is 0. The van der Waals surface area contributed by atoms with E-state index in [-0.39, 0.29) is 16.6 Å². The molecule has 2 aliphatic heterocycles. The molecule has 0 atom stereocenters. The molecule has 0 spiro atoms. The summed E-state index contributed by atoms with van der Waals surface area (Å²) < 4.78 is 7.94. The first kappa shape index (κ1) is 21.4. The quantitative estimate of drug-likeness (QED) is 0.473. The maximum absolute atomic E-state index is 13.4. The molecule has 0 aromatic heterocycles. The summed E-state index contributed by atoms with van der Waals surface area (Å²) in [7, 11) is 5.78. The van der Waals surface area contributed by atoms with Crippen LogP contribution in [0.4, 0.5) is 11.4 Å². The molecular weight excluding hydrogens is 408 g/mol. The van der Waals surface area contributed by atoms with E-state index in [2.05, 4.69) is 99.8 Å². The van der Waals surface area contributed by atoms with Crippen molar-refractivity contribution in [1.29, 1.82) is 0 Å². The number of ether oxygens (including phenoxy) is 1. The van der Waals surface area contributed by atoms with E-state index in [1.165, 1.54) is 22.5 Å². The summed E-state index contributed by atoms with van der Waals surface area (Å²) in [6.07, 6.45) is 4.03. The Bertz CT molecular complexity index is 1330. The number of ketones is 1. The lowest BCUT2D eigenvalue weighted by atomic mass is 9.77. The minimum absolute atomic E-state index is 0.0344. The first-order chi connectivity index (χ1) is 15.6. The third-order valence-electron chi connectivity index (χ3n) is 7.63. The molecule has 4 heteroatoms. The number of Topliss-reactive ketones (excluding diaryl/α,β-unsaturated/α-hetero) is 1. The van der Waals surface area contributed by atoms with E-state index in [4.69, 9.17) is 4.74 Å². The first-order valence-corrected chi connectivity index (χ1v) is 11.4. The molecule has 0 amide bonds. The van der Waals surface area contributed by atoms with Crippen molar-refractivity contribution in [3.63, 3.8) is 0 Å². The Hall–Kier alpha value is -3.40. The number of para-hydroxylation sites is 2. The van der Waals surface area contributed by atoms with Crippen LogP contribution >= 0.6 is 0 Å². The van der Waals surface area contributed by atoms with Crippen molar-refractivity contribution < 1.29 is 14.1 Å². The molecular formula is C29H31N2O2+. The third-order valence-corrected chi connectivity index (χ3v) is 7.63. The topological polar surface area (TPSA) is 32.5 Å². The fraction of sp³-hybridized carbons (Fsp3) is 0.310. The van der Waals surface area contributed by atoms with Crippen LogP contribution in [0.25, 0.3) is 0 Å². The Balaban J connectivity index is 1.58. The van der Waals surface area contributed by atoms with Crippen molar-refractivity contribution in [3.8, 4) is 0 Å². The number of carbonyl (C=O) groups excluding carboxylic acids is 1.